The minimum Gasteiger partial charge on any atom is -0.463 e. The van der Waals surface area contributed by atoms with Crippen molar-refractivity contribution in [3.8, 4) is 0 Å². The SMILES string of the molecule is CN(C(C)(Br)C1CC1)S(=O)(=O)NC(=O)c1coc2ccccc12. The molecule has 1 fully saturated rings. The molecule has 1 aliphatic carbocycles. The zero-order valence-electron chi connectivity index (χ0n) is 12.7. The van der Waals surface area contributed by atoms with Crippen LogP contribution in [0, 0.1) is 5.92 Å². The van der Waals surface area contributed by atoms with E-state index in [9.17, 15) is 13.2 Å². The Hall–Kier alpha value is -1.38. The van der Waals surface area contributed by atoms with E-state index in [0.717, 1.165) is 17.1 Å². The molecule has 0 aliphatic heterocycles. The van der Waals surface area contributed by atoms with Gasteiger partial charge in [-0.2, -0.15) is 12.7 Å². The highest BCUT2D eigenvalue weighted by atomic mass is 79.9. The van der Waals surface area contributed by atoms with Gasteiger partial charge < -0.3 is 4.42 Å². The summed E-state index contributed by atoms with van der Waals surface area (Å²) >= 11 is 3.47. The van der Waals surface area contributed by atoms with Crippen molar-refractivity contribution in [3.63, 3.8) is 0 Å². The van der Waals surface area contributed by atoms with E-state index in [4.69, 9.17) is 4.42 Å². The molecule has 1 aromatic heterocycles. The van der Waals surface area contributed by atoms with Crippen molar-refractivity contribution >= 4 is 43.0 Å². The van der Waals surface area contributed by atoms with Crippen molar-refractivity contribution < 1.29 is 17.6 Å². The molecule has 0 bridgehead atoms. The Morgan fingerprint density at radius 3 is 2.70 bits per heavy atom. The van der Waals surface area contributed by atoms with Crippen molar-refractivity contribution in [1.29, 1.82) is 0 Å². The summed E-state index contributed by atoms with van der Waals surface area (Å²) < 4.78 is 32.8. The molecular formula is C15H17BrN2O4S. The van der Waals surface area contributed by atoms with Gasteiger partial charge in [0.15, 0.2) is 0 Å². The van der Waals surface area contributed by atoms with Crippen molar-refractivity contribution in [2.24, 2.45) is 5.92 Å². The highest BCUT2D eigenvalue weighted by molar-refractivity contribution is 9.10. The van der Waals surface area contributed by atoms with Crippen LogP contribution in [0.15, 0.2) is 34.9 Å². The first-order valence-electron chi connectivity index (χ1n) is 7.19. The quantitative estimate of drug-likeness (QED) is 0.617. The Morgan fingerprint density at radius 1 is 1.39 bits per heavy atom. The molecule has 1 amide bonds. The van der Waals surface area contributed by atoms with Gasteiger partial charge in [-0.1, -0.05) is 34.1 Å². The Morgan fingerprint density at radius 2 is 2.04 bits per heavy atom. The third-order valence-electron chi connectivity index (χ3n) is 4.25. The van der Waals surface area contributed by atoms with Gasteiger partial charge in [0, 0.05) is 12.4 Å². The lowest BCUT2D eigenvalue weighted by molar-refractivity contribution is 0.0979. The number of amides is 1. The Labute approximate surface area is 143 Å². The standard InChI is InChI=1S/C15H17BrN2O4S/c1-15(16,10-7-8-10)18(2)23(20,21)17-14(19)12-9-22-13-6-4-3-5-11(12)13/h3-6,9-10H,7-8H2,1-2H3,(H,17,19). The molecule has 8 heteroatoms. The summed E-state index contributed by atoms with van der Waals surface area (Å²) in [6.45, 7) is 1.79. The minimum atomic E-state index is -3.97. The Bertz CT molecular complexity index is 855. The van der Waals surface area contributed by atoms with E-state index in [-0.39, 0.29) is 11.5 Å². The van der Waals surface area contributed by atoms with E-state index in [0.29, 0.717) is 11.0 Å². The molecule has 2 aromatic rings. The maximum absolute atomic E-state index is 12.5. The summed E-state index contributed by atoms with van der Waals surface area (Å²) in [5.74, 6) is -0.463. The number of hydrogen-bond donors (Lipinski definition) is 1. The number of fused-ring (bicyclic) bond motifs is 1. The fourth-order valence-electron chi connectivity index (χ4n) is 2.50. The maximum atomic E-state index is 12.5. The van der Waals surface area contributed by atoms with Crippen LogP contribution in [0.5, 0.6) is 0 Å². The van der Waals surface area contributed by atoms with E-state index in [1.165, 1.54) is 13.3 Å². The van der Waals surface area contributed by atoms with Gasteiger partial charge in [0.05, 0.1) is 10.0 Å². The fourth-order valence-corrected chi connectivity index (χ4v) is 4.63. The van der Waals surface area contributed by atoms with Crippen LogP contribution in [0.4, 0.5) is 0 Å². The smallest absolute Gasteiger partial charge is 0.305 e. The molecule has 1 aromatic carbocycles. The first kappa shape index (κ1) is 16.5. The monoisotopic (exact) mass is 400 g/mol. The van der Waals surface area contributed by atoms with Crippen molar-refractivity contribution in [2.75, 3.05) is 7.05 Å². The van der Waals surface area contributed by atoms with E-state index in [2.05, 4.69) is 20.7 Å². The number of nitrogens with zero attached hydrogens (tertiary/aromatic N) is 1. The number of rotatable bonds is 5. The van der Waals surface area contributed by atoms with Gasteiger partial charge in [0.1, 0.15) is 11.8 Å². The number of benzene rings is 1. The summed E-state index contributed by atoms with van der Waals surface area (Å²) in [6.07, 6.45) is 3.19. The van der Waals surface area contributed by atoms with E-state index >= 15 is 0 Å². The molecular weight excluding hydrogens is 384 g/mol. The maximum Gasteiger partial charge on any atom is 0.305 e. The Kier molecular flexibility index (Phi) is 4.02. The van der Waals surface area contributed by atoms with Crippen molar-refractivity contribution in [2.45, 2.75) is 24.2 Å². The van der Waals surface area contributed by atoms with Gasteiger partial charge in [0.2, 0.25) is 0 Å². The number of furan rings is 1. The molecule has 1 saturated carbocycles. The zero-order valence-corrected chi connectivity index (χ0v) is 15.1. The number of nitrogens with one attached hydrogen (secondary N) is 1. The van der Waals surface area contributed by atoms with Crippen LogP contribution < -0.4 is 4.72 Å². The number of para-hydroxylation sites is 1. The molecule has 0 radical (unpaired) electrons. The molecule has 1 atom stereocenters. The Balaban J connectivity index is 1.84. The summed E-state index contributed by atoms with van der Waals surface area (Å²) in [5.41, 5.74) is 0.729. The van der Waals surface area contributed by atoms with Gasteiger partial charge in [-0.25, -0.2) is 4.72 Å². The predicted molar refractivity (Wildman–Crippen MR) is 90.4 cm³/mol. The lowest BCUT2D eigenvalue weighted by Gasteiger charge is -2.32. The highest BCUT2D eigenvalue weighted by Crippen LogP contribution is 2.47. The minimum absolute atomic E-state index is 0.195. The topological polar surface area (TPSA) is 79.6 Å². The van der Waals surface area contributed by atoms with Gasteiger partial charge in [-0.05, 0) is 31.7 Å². The summed E-state index contributed by atoms with van der Waals surface area (Å²) in [7, 11) is -2.52. The highest BCUT2D eigenvalue weighted by Gasteiger charge is 2.47. The number of carbonyl (C=O) groups is 1. The van der Waals surface area contributed by atoms with Gasteiger partial charge >= 0.3 is 10.2 Å². The van der Waals surface area contributed by atoms with Crippen molar-refractivity contribution in [3.05, 3.63) is 36.1 Å². The first-order valence-corrected chi connectivity index (χ1v) is 9.43. The number of carbonyl (C=O) groups excluding carboxylic acids is 1. The molecule has 0 spiro atoms. The van der Waals surface area contributed by atoms with E-state index < -0.39 is 20.6 Å². The van der Waals surface area contributed by atoms with Crippen molar-refractivity contribution in [1.82, 2.24) is 9.03 Å². The van der Waals surface area contributed by atoms with Crippen LogP contribution in [-0.2, 0) is 10.2 Å². The largest absolute Gasteiger partial charge is 0.463 e. The lowest BCUT2D eigenvalue weighted by Crippen LogP contribution is -2.50. The predicted octanol–water partition coefficient (Wildman–Crippen LogP) is 2.86. The number of hydrogen-bond acceptors (Lipinski definition) is 4. The van der Waals surface area contributed by atoms with Gasteiger partial charge in [-0.3, -0.25) is 4.79 Å². The van der Waals surface area contributed by atoms with Gasteiger partial charge in [-0.15, -0.1) is 0 Å². The van der Waals surface area contributed by atoms with Crippen LogP contribution in [0.3, 0.4) is 0 Å². The van der Waals surface area contributed by atoms with Crippen LogP contribution in [0.2, 0.25) is 0 Å². The van der Waals surface area contributed by atoms with Gasteiger partial charge in [0.25, 0.3) is 5.91 Å². The third kappa shape index (κ3) is 3.02. The second-order valence-corrected chi connectivity index (χ2v) is 9.15. The van der Waals surface area contributed by atoms with Crippen LogP contribution >= 0.6 is 15.9 Å². The molecule has 124 valence electrons. The summed E-state index contributed by atoms with van der Waals surface area (Å²) in [5, 5.41) is 0.576. The normalized spacial score (nSPS) is 18.1. The molecule has 3 rings (SSSR count). The second kappa shape index (κ2) is 5.61. The summed E-state index contributed by atoms with van der Waals surface area (Å²) in [6, 6.07) is 6.97. The van der Waals surface area contributed by atoms with E-state index in [1.807, 2.05) is 0 Å². The molecule has 23 heavy (non-hydrogen) atoms. The van der Waals surface area contributed by atoms with Crippen LogP contribution in [-0.4, -0.2) is 30.1 Å². The molecule has 6 nitrogen and oxygen atoms in total. The van der Waals surface area contributed by atoms with E-state index in [1.54, 1.807) is 31.2 Å². The average Bonchev–Trinajstić information content (AvgIpc) is 3.26. The third-order valence-corrected chi connectivity index (χ3v) is 7.20. The van der Waals surface area contributed by atoms with Crippen LogP contribution in [0.25, 0.3) is 11.0 Å². The lowest BCUT2D eigenvalue weighted by atomic mass is 10.2. The second-order valence-electron chi connectivity index (χ2n) is 5.85. The molecule has 1 aliphatic rings. The molecule has 1 heterocycles. The molecule has 1 unspecified atom stereocenters. The first-order chi connectivity index (χ1) is 10.7. The number of alkyl halides is 1. The number of halogens is 1. The average molecular weight is 401 g/mol. The summed E-state index contributed by atoms with van der Waals surface area (Å²) in [4.78, 5) is 12.4. The molecule has 0 saturated heterocycles. The zero-order chi connectivity index (χ0) is 16.8. The van der Waals surface area contributed by atoms with Crippen LogP contribution in [0.1, 0.15) is 30.1 Å². The fraction of sp³-hybridized carbons (Fsp3) is 0.400. The molecule has 1 N–H and O–H groups in total.